The summed E-state index contributed by atoms with van der Waals surface area (Å²) in [7, 11) is 0. The fourth-order valence-corrected chi connectivity index (χ4v) is 5.05. The van der Waals surface area contributed by atoms with E-state index in [0.29, 0.717) is 45.2 Å². The van der Waals surface area contributed by atoms with Crippen molar-refractivity contribution in [1.29, 1.82) is 0 Å². The lowest BCUT2D eigenvalue weighted by Crippen LogP contribution is -2.54. The van der Waals surface area contributed by atoms with E-state index >= 15 is 0 Å². The second kappa shape index (κ2) is 14.1. The molecule has 0 radical (unpaired) electrons. The molecule has 43 heavy (non-hydrogen) atoms. The Bertz CT molecular complexity index is 1600. The number of barbiturate groups is 1. The van der Waals surface area contributed by atoms with E-state index in [2.05, 4.69) is 5.32 Å². The highest BCUT2D eigenvalue weighted by Crippen LogP contribution is 2.37. The number of halogens is 1. The van der Waals surface area contributed by atoms with Crippen molar-refractivity contribution in [2.45, 2.75) is 27.4 Å². The van der Waals surface area contributed by atoms with Gasteiger partial charge in [0.2, 0.25) is 0 Å². The van der Waals surface area contributed by atoms with Crippen LogP contribution in [0.15, 0.2) is 60.2 Å². The number of ether oxygens (including phenoxy) is 4. The van der Waals surface area contributed by atoms with Crippen LogP contribution in [0, 0.1) is 3.57 Å². The molecule has 4 rings (SSSR count). The van der Waals surface area contributed by atoms with Gasteiger partial charge in [-0.3, -0.25) is 14.9 Å². The summed E-state index contributed by atoms with van der Waals surface area (Å²) in [6, 6.07) is 13.6. The van der Waals surface area contributed by atoms with Gasteiger partial charge in [0.1, 0.15) is 23.7 Å². The largest absolute Gasteiger partial charge is 0.494 e. The first kappa shape index (κ1) is 31.3. The summed E-state index contributed by atoms with van der Waals surface area (Å²) >= 11 is 2.05. The van der Waals surface area contributed by atoms with Gasteiger partial charge in [0.05, 0.1) is 34.6 Å². The fraction of sp³-hybridized carbons (Fsp3) is 0.226. The predicted octanol–water partition coefficient (Wildman–Crippen LogP) is 5.43. The average molecular weight is 700 g/mol. The molecule has 3 aromatic carbocycles. The zero-order valence-electron chi connectivity index (χ0n) is 23.6. The lowest BCUT2D eigenvalue weighted by molar-refractivity contribution is -0.122. The number of carboxylic acids is 1. The summed E-state index contributed by atoms with van der Waals surface area (Å²) in [5.74, 6) is -1.27. The monoisotopic (exact) mass is 700 g/mol. The quantitative estimate of drug-likeness (QED) is 0.144. The zero-order valence-corrected chi connectivity index (χ0v) is 25.8. The van der Waals surface area contributed by atoms with Gasteiger partial charge in [0.15, 0.2) is 11.5 Å². The number of hydrogen-bond donors (Lipinski definition) is 2. The van der Waals surface area contributed by atoms with Gasteiger partial charge in [-0.1, -0.05) is 12.1 Å². The van der Waals surface area contributed by atoms with Crippen molar-refractivity contribution in [3.05, 3.63) is 80.4 Å². The number of carbonyl (C=O) groups is 4. The molecule has 0 atom stereocenters. The maximum Gasteiger partial charge on any atom is 0.336 e. The van der Waals surface area contributed by atoms with Crippen molar-refractivity contribution in [3.8, 4) is 23.0 Å². The maximum absolute atomic E-state index is 13.7. The number of amides is 4. The molecule has 1 fully saturated rings. The first-order valence-corrected chi connectivity index (χ1v) is 14.5. The van der Waals surface area contributed by atoms with Crippen LogP contribution in [0.2, 0.25) is 0 Å². The highest BCUT2D eigenvalue weighted by molar-refractivity contribution is 14.1. The van der Waals surface area contributed by atoms with E-state index in [1.807, 2.05) is 22.6 Å². The Morgan fingerprint density at radius 3 is 2.33 bits per heavy atom. The lowest BCUT2D eigenvalue weighted by atomic mass is 10.1. The first-order chi connectivity index (χ1) is 20.7. The Morgan fingerprint density at radius 2 is 1.63 bits per heavy atom. The van der Waals surface area contributed by atoms with Crippen LogP contribution in [0.4, 0.5) is 10.5 Å². The van der Waals surface area contributed by atoms with Crippen LogP contribution in [0.25, 0.3) is 6.08 Å². The number of imide groups is 2. The topological polar surface area (TPSA) is 141 Å². The molecule has 1 heterocycles. The Hall–Kier alpha value is -4.59. The molecule has 0 aliphatic carbocycles. The van der Waals surface area contributed by atoms with Crippen LogP contribution in [0.5, 0.6) is 23.0 Å². The van der Waals surface area contributed by atoms with Crippen LogP contribution in [0.3, 0.4) is 0 Å². The molecule has 12 heteroatoms. The summed E-state index contributed by atoms with van der Waals surface area (Å²) in [6.45, 7) is 6.41. The number of rotatable bonds is 12. The molecule has 0 spiro atoms. The van der Waals surface area contributed by atoms with Crippen LogP contribution in [-0.2, 0) is 16.2 Å². The van der Waals surface area contributed by atoms with Crippen molar-refractivity contribution in [2.75, 3.05) is 24.7 Å². The number of nitrogens with zero attached hydrogens (tertiary/aromatic N) is 1. The van der Waals surface area contributed by atoms with Crippen molar-refractivity contribution in [3.63, 3.8) is 0 Å². The molecular formula is C31H29IN2O9. The van der Waals surface area contributed by atoms with E-state index in [1.165, 1.54) is 24.3 Å². The second-order valence-electron chi connectivity index (χ2n) is 9.01. The summed E-state index contributed by atoms with van der Waals surface area (Å²) in [4.78, 5) is 51.6. The minimum atomic E-state index is -1.04. The smallest absolute Gasteiger partial charge is 0.336 e. The van der Waals surface area contributed by atoms with E-state index < -0.39 is 23.8 Å². The van der Waals surface area contributed by atoms with Gasteiger partial charge in [-0.2, -0.15) is 0 Å². The number of benzene rings is 3. The number of carboxylic acid groups (broad SMARTS) is 1. The van der Waals surface area contributed by atoms with E-state index in [-0.39, 0.29) is 35.8 Å². The molecule has 0 saturated carbocycles. The van der Waals surface area contributed by atoms with E-state index in [0.717, 1.165) is 4.90 Å². The third kappa shape index (κ3) is 7.25. The second-order valence-corrected chi connectivity index (χ2v) is 10.2. The van der Waals surface area contributed by atoms with Gasteiger partial charge in [-0.05, 0) is 97.0 Å². The van der Waals surface area contributed by atoms with E-state index in [1.54, 1.807) is 57.2 Å². The highest BCUT2D eigenvalue weighted by atomic mass is 127. The zero-order chi connectivity index (χ0) is 31.1. The van der Waals surface area contributed by atoms with Gasteiger partial charge in [0.25, 0.3) is 11.8 Å². The molecule has 4 amide bonds. The number of hydrogen-bond acceptors (Lipinski definition) is 8. The third-order valence-corrected chi connectivity index (χ3v) is 6.88. The van der Waals surface area contributed by atoms with Crippen LogP contribution in [0.1, 0.15) is 42.3 Å². The Morgan fingerprint density at radius 1 is 0.907 bits per heavy atom. The molecule has 1 saturated heterocycles. The van der Waals surface area contributed by atoms with Gasteiger partial charge < -0.3 is 24.1 Å². The van der Waals surface area contributed by atoms with Crippen molar-refractivity contribution < 1.29 is 43.2 Å². The summed E-state index contributed by atoms with van der Waals surface area (Å²) in [5.41, 5.74) is 1.10. The molecule has 2 N–H and O–H groups in total. The van der Waals surface area contributed by atoms with Crippen LogP contribution >= 0.6 is 22.6 Å². The molecule has 224 valence electrons. The molecule has 0 bridgehead atoms. The summed E-state index contributed by atoms with van der Waals surface area (Å²) < 4.78 is 23.6. The van der Waals surface area contributed by atoms with Crippen molar-refractivity contribution in [2.24, 2.45) is 0 Å². The highest BCUT2D eigenvalue weighted by Gasteiger charge is 2.38. The number of urea groups is 1. The molecular weight excluding hydrogens is 671 g/mol. The predicted molar refractivity (Wildman–Crippen MR) is 166 cm³/mol. The van der Waals surface area contributed by atoms with Gasteiger partial charge >= 0.3 is 12.0 Å². The number of carbonyl (C=O) groups excluding carboxylic acids is 3. The normalized spacial score (nSPS) is 14.0. The molecule has 1 aliphatic rings. The van der Waals surface area contributed by atoms with Crippen molar-refractivity contribution in [1.82, 2.24) is 5.32 Å². The van der Waals surface area contributed by atoms with E-state index in [9.17, 15) is 24.3 Å². The summed E-state index contributed by atoms with van der Waals surface area (Å²) in [6.07, 6.45) is 1.37. The van der Waals surface area contributed by atoms with Crippen LogP contribution < -0.4 is 29.2 Å². The SMILES string of the molecule is CCOc1ccc(OCC)c(N2C(=O)NC(=O)/C(=C\c3cc(I)c(OCc4cccc(C(=O)O)c4)c(OCC)c3)C2=O)c1. The first-order valence-electron chi connectivity index (χ1n) is 13.4. The third-order valence-electron chi connectivity index (χ3n) is 6.08. The minimum absolute atomic E-state index is 0.0819. The van der Waals surface area contributed by atoms with Gasteiger partial charge in [-0.15, -0.1) is 0 Å². The van der Waals surface area contributed by atoms with Gasteiger partial charge in [-0.25, -0.2) is 14.5 Å². The average Bonchev–Trinajstić information content (AvgIpc) is 2.96. The Labute approximate surface area is 261 Å². The van der Waals surface area contributed by atoms with Crippen molar-refractivity contribution >= 4 is 58.2 Å². The molecule has 11 nitrogen and oxygen atoms in total. The molecule has 0 aromatic heterocycles. The fourth-order valence-electron chi connectivity index (χ4n) is 4.27. The van der Waals surface area contributed by atoms with Gasteiger partial charge in [0, 0.05) is 6.07 Å². The Kier molecular flexibility index (Phi) is 10.2. The molecule has 0 unspecified atom stereocenters. The minimum Gasteiger partial charge on any atom is -0.494 e. The lowest BCUT2D eigenvalue weighted by Gasteiger charge is -2.28. The summed E-state index contributed by atoms with van der Waals surface area (Å²) in [5, 5.41) is 11.5. The number of aromatic carboxylic acids is 1. The molecule has 3 aromatic rings. The molecule has 1 aliphatic heterocycles. The maximum atomic E-state index is 13.7. The number of anilines is 1. The van der Waals surface area contributed by atoms with Crippen LogP contribution in [-0.4, -0.2) is 48.7 Å². The van der Waals surface area contributed by atoms with E-state index in [4.69, 9.17) is 18.9 Å². The standard InChI is InChI=1S/C31H29IN2O9/c1-4-40-21-10-11-25(41-5-2)24(16-21)34-29(36)22(28(35)33-31(34)39)13-19-14-23(32)27(26(15-19)42-6-3)43-17-18-8-7-9-20(12-18)30(37)38/h7-16H,4-6,17H2,1-3H3,(H,37,38)(H,33,35,39)/b22-13+. The number of nitrogens with one attached hydrogen (secondary N) is 1. The Balaban J connectivity index is 1.68.